The van der Waals surface area contributed by atoms with Gasteiger partial charge in [-0.1, -0.05) is 0 Å². The molecule has 0 aliphatic carbocycles. The number of aliphatic hydroxyl groups is 18. The van der Waals surface area contributed by atoms with E-state index in [2.05, 4.69) is 25.5 Å². The molecule has 7 fully saturated rings. The number of amides is 4. The zero-order valence-corrected chi connectivity index (χ0v) is 51.0. The lowest BCUT2D eigenvalue weighted by molar-refractivity contribution is -0.396. The number of nitrogens with one attached hydrogen (secondary N) is 4. The Bertz CT molecular complexity index is 2580. The van der Waals surface area contributed by atoms with Crippen LogP contribution in [0, 0.1) is 0 Å². The molecule has 23 N–H and O–H groups in total. The number of ether oxygens (including phenoxy) is 13. The van der Waals surface area contributed by atoms with Crippen LogP contribution in [0.1, 0.15) is 27.7 Å². The summed E-state index contributed by atoms with van der Waals surface area (Å²) in [5.41, 5.74) is 0. The summed E-state index contributed by atoms with van der Waals surface area (Å²) in [5, 5.41) is 208. The third kappa shape index (κ3) is 17.9. The van der Waals surface area contributed by atoms with Crippen LogP contribution < -0.4 is 21.3 Å². The highest BCUT2D eigenvalue weighted by molar-refractivity contribution is 7.80. The molecule has 43 nitrogen and oxygen atoms in total. The smallest absolute Gasteiger partial charge is 0.394 e. The lowest BCUT2D eigenvalue weighted by Gasteiger charge is -2.51. The molecule has 35 atom stereocenters. The van der Waals surface area contributed by atoms with E-state index in [1.807, 2.05) is 0 Å². The Morgan fingerprint density at radius 2 is 0.660 bits per heavy atom. The predicted octanol–water partition coefficient (Wildman–Crippen LogP) is -15.9. The maximum atomic E-state index is 12.9. The van der Waals surface area contributed by atoms with Gasteiger partial charge in [-0.15, -0.1) is 0 Å². The molecule has 7 aliphatic rings. The Hall–Kier alpha value is -3.49. The van der Waals surface area contributed by atoms with E-state index in [1.54, 1.807) is 0 Å². The Morgan fingerprint density at radius 1 is 0.330 bits per heavy atom. The van der Waals surface area contributed by atoms with Gasteiger partial charge < -0.3 is 175 Å². The fraction of sp³-hybridized carbons (Fsp3) is 0.920. The van der Waals surface area contributed by atoms with Gasteiger partial charge in [0.15, 0.2) is 44.0 Å². The molecule has 7 rings (SSSR count). The van der Waals surface area contributed by atoms with E-state index < -0.39 is 295 Å². The summed E-state index contributed by atoms with van der Waals surface area (Å²) in [5.74, 6) is -3.54. The van der Waals surface area contributed by atoms with Crippen molar-refractivity contribution in [3.8, 4) is 0 Å². The lowest BCUT2D eigenvalue weighted by atomic mass is 9.93. The number of rotatable bonds is 25. The van der Waals surface area contributed by atoms with Gasteiger partial charge in [-0.25, -0.2) is 4.18 Å². The third-order valence-corrected chi connectivity index (χ3v) is 16.8. The molecule has 7 aliphatic heterocycles. The highest BCUT2D eigenvalue weighted by Gasteiger charge is 2.60. The van der Waals surface area contributed by atoms with Gasteiger partial charge in [-0.3, -0.25) is 23.7 Å². The monoisotopic (exact) mass is 1400 g/mol. The zero-order valence-electron chi connectivity index (χ0n) is 50.2. The average molecular weight is 1400 g/mol. The number of carbonyl (C=O) groups is 4. The molecule has 4 amide bonds. The summed E-state index contributed by atoms with van der Waals surface area (Å²) in [4.78, 5) is 50.0. The van der Waals surface area contributed by atoms with Crippen molar-refractivity contribution in [3.05, 3.63) is 0 Å². The quantitative estimate of drug-likeness (QED) is 0.0377. The van der Waals surface area contributed by atoms with E-state index in [0.717, 1.165) is 27.7 Å². The molecule has 0 bridgehead atoms. The van der Waals surface area contributed by atoms with Crippen LogP contribution in [0.15, 0.2) is 0 Å². The normalized spacial score (nSPS) is 46.3. The Labute approximate surface area is 532 Å². The van der Waals surface area contributed by atoms with Crippen molar-refractivity contribution in [3.63, 3.8) is 0 Å². The van der Waals surface area contributed by atoms with Crippen molar-refractivity contribution in [1.29, 1.82) is 0 Å². The van der Waals surface area contributed by atoms with Crippen LogP contribution in [0.4, 0.5) is 0 Å². The summed E-state index contributed by atoms with van der Waals surface area (Å²) >= 11 is 0. The van der Waals surface area contributed by atoms with Gasteiger partial charge in [0.1, 0.15) is 171 Å². The van der Waals surface area contributed by atoms with Crippen LogP contribution in [0.3, 0.4) is 0 Å². The summed E-state index contributed by atoms with van der Waals surface area (Å²) < 4.78 is 113. The molecule has 0 radical (unpaired) electrons. The van der Waals surface area contributed by atoms with Crippen molar-refractivity contribution in [1.82, 2.24) is 21.3 Å². The van der Waals surface area contributed by atoms with Gasteiger partial charge in [-0.05, 0) is 0 Å². The molecule has 544 valence electrons. The van der Waals surface area contributed by atoms with Crippen molar-refractivity contribution in [2.45, 2.75) is 242 Å². The Morgan fingerprint density at radius 3 is 1.09 bits per heavy atom. The second-order valence-electron chi connectivity index (χ2n) is 23.0. The van der Waals surface area contributed by atoms with E-state index in [9.17, 15) is 124 Å². The maximum Gasteiger partial charge on any atom is 0.397 e. The third-order valence-electron chi connectivity index (χ3n) is 16.3. The van der Waals surface area contributed by atoms with Crippen molar-refractivity contribution >= 4 is 34.0 Å². The highest BCUT2D eigenvalue weighted by Crippen LogP contribution is 2.38. The first-order chi connectivity index (χ1) is 44.2. The first-order valence-corrected chi connectivity index (χ1v) is 30.6. The van der Waals surface area contributed by atoms with Crippen LogP contribution >= 0.6 is 0 Å². The van der Waals surface area contributed by atoms with Crippen molar-refractivity contribution in [2.24, 2.45) is 0 Å². The van der Waals surface area contributed by atoms with E-state index in [-0.39, 0.29) is 0 Å². The molecule has 0 aromatic heterocycles. The van der Waals surface area contributed by atoms with Crippen LogP contribution in [-0.4, -0.2) is 389 Å². The van der Waals surface area contributed by atoms with E-state index in [1.165, 1.54) is 0 Å². The second kappa shape index (κ2) is 33.6. The summed E-state index contributed by atoms with van der Waals surface area (Å²) in [7, 11) is -5.38. The van der Waals surface area contributed by atoms with Gasteiger partial charge in [0.2, 0.25) is 23.6 Å². The standard InChI is InChI=1S/C50H84N4O39S/c1-12(61)51-23-30(68)38(18(7-57)81-44(23)76)88-45-24(52-13(2)62)32(70)40(20(9-59)84-45)90-49-37(75)42(29(67)22(87-49)11-80-48-36(74)34(72)27(65)16(5-55)82-48)91-50-43(35(73)28(66)17(6-56)83-50)92-47-25(53-14(3)63)31(69)39(19(8-58)85-47)89-46-26(54-15(4)64)33(71)41(21(10-60)86-46)93-94(77,78)79/h16-50,55-60,65-76H,5-11H2,1-4H3,(H,51,61)(H,52,62)(H,53,63)(H,54,64)(H,77,78,79)/t16-,17-,18-,19-,20-,21-,22-,23-,24-,25-,26-,27-,28-,29-,30-,31-,32-,33-,34+,35+,36+,37+,38-,39-,40-,41+,42+,43+,44?,45+,46+,47+,48+,49+,50-/m1/s1. The van der Waals surface area contributed by atoms with Gasteiger partial charge in [0.25, 0.3) is 0 Å². The molecule has 44 heteroatoms. The number of aliphatic hydroxyl groups excluding tert-OH is 18. The molecule has 0 aromatic rings. The molecule has 0 saturated carbocycles. The molecule has 94 heavy (non-hydrogen) atoms. The molecule has 0 spiro atoms. The van der Waals surface area contributed by atoms with E-state index >= 15 is 0 Å². The molecule has 7 heterocycles. The zero-order chi connectivity index (χ0) is 69.7. The number of hydrogen-bond acceptors (Lipinski definition) is 38. The lowest BCUT2D eigenvalue weighted by Crippen LogP contribution is -2.71. The molecular weight excluding hydrogens is 1310 g/mol. The highest BCUT2D eigenvalue weighted by atomic mass is 32.3. The minimum atomic E-state index is -5.38. The number of hydrogen-bond donors (Lipinski definition) is 23. The van der Waals surface area contributed by atoms with Crippen molar-refractivity contribution < 1.29 is 190 Å². The van der Waals surface area contributed by atoms with Crippen LogP contribution in [0.25, 0.3) is 0 Å². The average Bonchev–Trinajstić information content (AvgIpc) is 0.774. The first-order valence-electron chi connectivity index (χ1n) is 29.3. The van der Waals surface area contributed by atoms with Gasteiger partial charge in [-0.2, -0.15) is 8.42 Å². The van der Waals surface area contributed by atoms with E-state index in [4.69, 9.17) is 61.6 Å². The SMILES string of the molecule is CC(=O)N[C@H]1[C@H](O[C@H]2[C@H](O)[C@@H](NC(C)=O)[C@H](O[C@@H]3[C@@H](O[C@@H]4[C@H](O)[C@H](O[C@H]5[C@H](O)[C@@H](NC(C)=O)[C@H](O[C@H]6[C@H](O)[C@@H](NC(C)=O)C(O)O[C@@H]6CO)O[C@@H]5CO)O[C@H](CO[C@H]5O[C@H](CO)[C@@H](O)[C@H](O)[C@@H]5O)[C@H]4O)O[C@H](CO)[C@@H](O)[C@@H]3O)O[C@@H]2CO)O[C@H](CO)[C@H](OS(=O)(=O)O)[C@@H]1O. The largest absolute Gasteiger partial charge is 0.397 e. The van der Waals surface area contributed by atoms with Crippen LogP contribution in [0.2, 0.25) is 0 Å². The Balaban J connectivity index is 1.20. The minimum absolute atomic E-state index is 0.757. The fourth-order valence-corrected chi connectivity index (χ4v) is 12.3. The summed E-state index contributed by atoms with van der Waals surface area (Å²) in [6.07, 6.45) is -63.6. The van der Waals surface area contributed by atoms with Gasteiger partial charge in [0, 0.05) is 27.7 Å². The topological polar surface area (TPSA) is 664 Å². The van der Waals surface area contributed by atoms with E-state index in [0.29, 0.717) is 0 Å². The second-order valence-corrected chi connectivity index (χ2v) is 24.1. The van der Waals surface area contributed by atoms with Crippen LogP contribution in [-0.2, 0) is 95.3 Å². The Kier molecular flexibility index (Phi) is 27.8. The summed E-state index contributed by atoms with van der Waals surface area (Å²) in [6.45, 7) is -3.64. The predicted molar refractivity (Wildman–Crippen MR) is 289 cm³/mol. The van der Waals surface area contributed by atoms with Crippen molar-refractivity contribution in [2.75, 3.05) is 46.2 Å². The maximum absolute atomic E-state index is 12.9. The first kappa shape index (κ1) is 77.9. The minimum Gasteiger partial charge on any atom is -0.394 e. The summed E-state index contributed by atoms with van der Waals surface area (Å²) in [6, 6.07) is -7.29. The van der Waals surface area contributed by atoms with Gasteiger partial charge in [0.05, 0.1) is 46.2 Å². The molecule has 0 aromatic carbocycles. The fourth-order valence-electron chi connectivity index (χ4n) is 11.7. The molecular formula is C50H84N4O39S. The van der Waals surface area contributed by atoms with Crippen LogP contribution in [0.5, 0.6) is 0 Å². The number of carbonyl (C=O) groups excluding carboxylic acids is 4. The molecule has 1 unspecified atom stereocenters. The molecule has 7 saturated heterocycles. The van der Waals surface area contributed by atoms with Gasteiger partial charge >= 0.3 is 10.4 Å².